The third-order valence-corrected chi connectivity index (χ3v) is 5.38. The van der Waals surface area contributed by atoms with Gasteiger partial charge in [-0.15, -0.1) is 0 Å². The van der Waals surface area contributed by atoms with Crippen molar-refractivity contribution in [1.82, 2.24) is 15.0 Å². The number of rotatable bonds is 3. The van der Waals surface area contributed by atoms with Crippen LogP contribution in [0.5, 0.6) is 0 Å². The van der Waals surface area contributed by atoms with Crippen LogP contribution in [0.25, 0.3) is 22.2 Å². The summed E-state index contributed by atoms with van der Waals surface area (Å²) in [6.45, 7) is 0. The van der Waals surface area contributed by atoms with Gasteiger partial charge in [0.05, 0.1) is 6.10 Å². The Morgan fingerprint density at radius 2 is 1.96 bits per heavy atom. The number of hydrogen-bond acceptors (Lipinski definition) is 3. The molecular formula is C19H20BrN3O. The fraction of sp³-hybridized carbons (Fsp3) is 0.368. The standard InChI is InChI=1S/C19H20BrN3O/c20-14-8-17-18(11-23-19(17)22-10-14)13-3-4-15(21-9-13)7-12-1-5-16(24)6-2-12/h3-4,8-12,16,24H,1-2,5-7H2,(H,22,23). The molecule has 0 aliphatic heterocycles. The van der Waals surface area contributed by atoms with Gasteiger partial charge in [0.15, 0.2) is 0 Å². The van der Waals surface area contributed by atoms with E-state index in [0.29, 0.717) is 5.92 Å². The highest BCUT2D eigenvalue weighted by atomic mass is 79.9. The van der Waals surface area contributed by atoms with E-state index in [9.17, 15) is 5.11 Å². The first kappa shape index (κ1) is 15.8. The number of aliphatic hydroxyl groups excluding tert-OH is 1. The normalized spacial score (nSPS) is 21.2. The fourth-order valence-electron chi connectivity index (χ4n) is 3.57. The number of aromatic nitrogens is 3. The highest BCUT2D eigenvalue weighted by Crippen LogP contribution is 2.30. The Morgan fingerprint density at radius 1 is 1.12 bits per heavy atom. The van der Waals surface area contributed by atoms with Crippen LogP contribution in [0, 0.1) is 5.92 Å². The summed E-state index contributed by atoms with van der Waals surface area (Å²) >= 11 is 3.49. The van der Waals surface area contributed by atoms with Gasteiger partial charge in [-0.2, -0.15) is 0 Å². The summed E-state index contributed by atoms with van der Waals surface area (Å²) in [6, 6.07) is 6.35. The largest absolute Gasteiger partial charge is 0.393 e. The molecule has 124 valence electrons. The molecule has 0 spiro atoms. The third-order valence-electron chi connectivity index (χ3n) is 4.95. The molecular weight excluding hydrogens is 366 g/mol. The van der Waals surface area contributed by atoms with Crippen molar-refractivity contribution in [2.75, 3.05) is 0 Å². The summed E-state index contributed by atoms with van der Waals surface area (Å²) in [7, 11) is 0. The molecule has 0 radical (unpaired) electrons. The van der Waals surface area contributed by atoms with Gasteiger partial charge in [0.2, 0.25) is 0 Å². The van der Waals surface area contributed by atoms with E-state index in [2.05, 4.69) is 49.1 Å². The highest BCUT2D eigenvalue weighted by Gasteiger charge is 2.20. The van der Waals surface area contributed by atoms with Gasteiger partial charge < -0.3 is 10.1 Å². The van der Waals surface area contributed by atoms with Crippen molar-refractivity contribution < 1.29 is 5.11 Å². The first-order valence-corrected chi connectivity index (χ1v) is 9.24. The molecule has 1 saturated carbocycles. The van der Waals surface area contributed by atoms with E-state index in [1.165, 1.54) is 0 Å². The summed E-state index contributed by atoms with van der Waals surface area (Å²) in [5, 5.41) is 10.7. The number of H-pyrrole nitrogens is 1. The minimum Gasteiger partial charge on any atom is -0.393 e. The van der Waals surface area contributed by atoms with Crippen molar-refractivity contribution in [2.45, 2.75) is 38.2 Å². The predicted molar refractivity (Wildman–Crippen MR) is 98.7 cm³/mol. The first-order valence-electron chi connectivity index (χ1n) is 8.45. The molecule has 0 unspecified atom stereocenters. The molecule has 0 saturated heterocycles. The van der Waals surface area contributed by atoms with Crippen molar-refractivity contribution in [3.63, 3.8) is 0 Å². The zero-order valence-corrected chi connectivity index (χ0v) is 15.0. The second-order valence-corrected chi connectivity index (χ2v) is 7.58. The molecule has 1 aliphatic carbocycles. The number of aromatic amines is 1. The number of hydrogen-bond donors (Lipinski definition) is 2. The van der Waals surface area contributed by atoms with Crippen molar-refractivity contribution in [1.29, 1.82) is 0 Å². The Labute approximate surface area is 149 Å². The molecule has 0 bridgehead atoms. The van der Waals surface area contributed by atoms with Gasteiger partial charge in [-0.05, 0) is 66.1 Å². The van der Waals surface area contributed by atoms with Crippen LogP contribution >= 0.6 is 15.9 Å². The number of nitrogens with one attached hydrogen (secondary N) is 1. The van der Waals surface area contributed by atoms with Crippen LogP contribution in [0.15, 0.2) is 41.3 Å². The molecule has 4 rings (SSSR count). The SMILES string of the molecule is OC1CCC(Cc2ccc(-c3c[nH]c4ncc(Br)cc34)cn2)CC1. The van der Waals surface area contributed by atoms with Crippen LogP contribution in [-0.4, -0.2) is 26.2 Å². The maximum absolute atomic E-state index is 9.61. The van der Waals surface area contributed by atoms with Crippen molar-refractivity contribution in [3.8, 4) is 11.1 Å². The lowest BCUT2D eigenvalue weighted by Crippen LogP contribution is -2.19. The summed E-state index contributed by atoms with van der Waals surface area (Å²) < 4.78 is 0.972. The zero-order chi connectivity index (χ0) is 16.5. The topological polar surface area (TPSA) is 61.8 Å². The van der Waals surface area contributed by atoms with E-state index in [1.807, 2.05) is 12.4 Å². The lowest BCUT2D eigenvalue weighted by Gasteiger charge is -2.25. The molecule has 1 fully saturated rings. The Balaban J connectivity index is 1.54. The van der Waals surface area contributed by atoms with Crippen molar-refractivity contribution >= 4 is 27.0 Å². The summed E-state index contributed by atoms with van der Waals surface area (Å²) in [4.78, 5) is 12.3. The van der Waals surface area contributed by atoms with Crippen LogP contribution in [0.1, 0.15) is 31.4 Å². The second-order valence-electron chi connectivity index (χ2n) is 6.67. The minimum atomic E-state index is -0.0913. The molecule has 1 aliphatic rings. The van der Waals surface area contributed by atoms with Crippen LogP contribution in [0.4, 0.5) is 0 Å². The van der Waals surface area contributed by atoms with Crippen molar-refractivity contribution in [2.24, 2.45) is 5.92 Å². The average molecular weight is 386 g/mol. The summed E-state index contributed by atoms with van der Waals surface area (Å²) in [6.07, 6.45) is 10.7. The van der Waals surface area contributed by atoms with Gasteiger partial charge in [0, 0.05) is 45.3 Å². The van der Waals surface area contributed by atoms with E-state index in [4.69, 9.17) is 0 Å². The van der Waals surface area contributed by atoms with Gasteiger partial charge in [0.1, 0.15) is 5.65 Å². The molecule has 2 N–H and O–H groups in total. The maximum atomic E-state index is 9.61. The van der Waals surface area contributed by atoms with Gasteiger partial charge in [-0.3, -0.25) is 4.98 Å². The zero-order valence-electron chi connectivity index (χ0n) is 13.4. The van der Waals surface area contributed by atoms with Crippen LogP contribution < -0.4 is 0 Å². The Hall–Kier alpha value is -1.72. The number of nitrogens with zero attached hydrogens (tertiary/aromatic N) is 2. The third kappa shape index (κ3) is 3.23. The lowest BCUT2D eigenvalue weighted by molar-refractivity contribution is 0.108. The van der Waals surface area contributed by atoms with E-state index in [1.54, 1.807) is 6.20 Å². The molecule has 3 aromatic rings. The number of halogens is 1. The Morgan fingerprint density at radius 3 is 2.71 bits per heavy atom. The summed E-state index contributed by atoms with van der Waals surface area (Å²) in [5.41, 5.74) is 4.25. The van der Waals surface area contributed by atoms with Gasteiger partial charge in [-0.1, -0.05) is 6.07 Å². The molecule has 24 heavy (non-hydrogen) atoms. The van der Waals surface area contributed by atoms with Crippen LogP contribution in [0.3, 0.4) is 0 Å². The quantitative estimate of drug-likeness (QED) is 0.698. The summed E-state index contributed by atoms with van der Waals surface area (Å²) in [5.74, 6) is 0.653. The Kier molecular flexibility index (Phi) is 4.37. The number of pyridine rings is 2. The van der Waals surface area contributed by atoms with E-state index in [0.717, 1.165) is 64.4 Å². The van der Waals surface area contributed by atoms with E-state index < -0.39 is 0 Å². The highest BCUT2D eigenvalue weighted by molar-refractivity contribution is 9.10. The molecule has 0 atom stereocenters. The van der Waals surface area contributed by atoms with Gasteiger partial charge in [-0.25, -0.2) is 4.98 Å². The van der Waals surface area contributed by atoms with Crippen LogP contribution in [0.2, 0.25) is 0 Å². The number of fused-ring (bicyclic) bond motifs is 1. The van der Waals surface area contributed by atoms with E-state index >= 15 is 0 Å². The van der Waals surface area contributed by atoms with Crippen LogP contribution in [-0.2, 0) is 6.42 Å². The molecule has 5 heteroatoms. The maximum Gasteiger partial charge on any atom is 0.137 e. The second kappa shape index (κ2) is 6.65. The predicted octanol–water partition coefficient (Wildman–Crippen LogP) is 4.48. The number of aliphatic hydroxyl groups is 1. The minimum absolute atomic E-state index is 0.0913. The smallest absolute Gasteiger partial charge is 0.137 e. The lowest BCUT2D eigenvalue weighted by atomic mass is 9.84. The average Bonchev–Trinajstić information content (AvgIpc) is 3.01. The fourth-order valence-corrected chi connectivity index (χ4v) is 3.90. The first-order chi connectivity index (χ1) is 11.7. The molecule has 0 aromatic carbocycles. The van der Waals surface area contributed by atoms with Crippen molar-refractivity contribution in [3.05, 3.63) is 47.0 Å². The molecule has 4 nitrogen and oxygen atoms in total. The Bertz CT molecular complexity index is 835. The van der Waals surface area contributed by atoms with Gasteiger partial charge >= 0.3 is 0 Å². The molecule has 3 heterocycles. The van der Waals surface area contributed by atoms with Gasteiger partial charge in [0.25, 0.3) is 0 Å². The molecule has 3 aromatic heterocycles. The monoisotopic (exact) mass is 385 g/mol. The van der Waals surface area contributed by atoms with E-state index in [-0.39, 0.29) is 6.10 Å². The molecule has 0 amide bonds.